The molecule has 1 aromatic heterocycles. The zero-order valence-corrected chi connectivity index (χ0v) is 13.8. The maximum atomic E-state index is 5.89. The van der Waals surface area contributed by atoms with Gasteiger partial charge in [-0.3, -0.25) is 0 Å². The van der Waals surface area contributed by atoms with Crippen molar-refractivity contribution in [2.45, 2.75) is 10.9 Å². The Morgan fingerprint density at radius 3 is 2.90 bits per heavy atom. The molecule has 6 heteroatoms. The first-order valence-corrected chi connectivity index (χ1v) is 8.14. The number of nitrogens with two attached hydrogens (primary N) is 1. The Morgan fingerprint density at radius 2 is 2.14 bits per heavy atom. The van der Waals surface area contributed by atoms with E-state index in [1.165, 1.54) is 5.56 Å². The first-order valence-electron chi connectivity index (χ1n) is 6.36. The normalized spacial score (nSPS) is 11.0. The molecular formula is C15H14BrN3OS. The summed E-state index contributed by atoms with van der Waals surface area (Å²) in [5, 5.41) is 0.889. The van der Waals surface area contributed by atoms with Crippen molar-refractivity contribution in [1.29, 1.82) is 0 Å². The fourth-order valence-electron chi connectivity index (χ4n) is 2.00. The molecule has 3 aromatic rings. The Kier molecular flexibility index (Phi) is 4.07. The van der Waals surface area contributed by atoms with Gasteiger partial charge >= 0.3 is 0 Å². The molecule has 3 rings (SSSR count). The fraction of sp³-hybridized carbons (Fsp3) is 0.133. The second-order valence-corrected chi connectivity index (χ2v) is 6.39. The molecule has 0 radical (unpaired) electrons. The topological polar surface area (TPSA) is 63.9 Å². The number of benzene rings is 2. The van der Waals surface area contributed by atoms with Gasteiger partial charge in [-0.2, -0.15) is 0 Å². The van der Waals surface area contributed by atoms with Crippen LogP contribution in [0.3, 0.4) is 0 Å². The van der Waals surface area contributed by atoms with Crippen molar-refractivity contribution in [3.05, 3.63) is 46.4 Å². The van der Waals surface area contributed by atoms with Gasteiger partial charge in [-0.15, -0.1) is 0 Å². The van der Waals surface area contributed by atoms with E-state index >= 15 is 0 Å². The van der Waals surface area contributed by atoms with Crippen molar-refractivity contribution in [2.75, 3.05) is 12.8 Å². The molecule has 3 N–H and O–H groups in total. The van der Waals surface area contributed by atoms with Gasteiger partial charge in [0.25, 0.3) is 0 Å². The molecule has 1 heterocycles. The molecule has 0 saturated carbocycles. The smallest absolute Gasteiger partial charge is 0.166 e. The van der Waals surface area contributed by atoms with E-state index < -0.39 is 0 Å². The minimum absolute atomic E-state index is 0.752. The highest BCUT2D eigenvalue weighted by Gasteiger charge is 2.06. The molecule has 0 aliphatic rings. The van der Waals surface area contributed by atoms with Crippen LogP contribution in [0.5, 0.6) is 5.75 Å². The lowest BCUT2D eigenvalue weighted by molar-refractivity contribution is 0.415. The van der Waals surface area contributed by atoms with Crippen molar-refractivity contribution in [2.24, 2.45) is 0 Å². The number of rotatable bonds is 4. The molecule has 0 aliphatic heterocycles. The number of ether oxygens (including phenoxy) is 1. The predicted octanol–water partition coefficient (Wildman–Crippen LogP) is 4.21. The average molecular weight is 364 g/mol. The van der Waals surface area contributed by atoms with Crippen LogP contribution < -0.4 is 10.5 Å². The molecule has 0 bridgehead atoms. The van der Waals surface area contributed by atoms with Crippen LogP contribution in [-0.2, 0) is 5.75 Å². The van der Waals surface area contributed by atoms with E-state index in [-0.39, 0.29) is 0 Å². The SMILES string of the molecule is COc1ccc2nc(SCc3ccc(Br)c(N)c3)[nH]c2c1. The van der Waals surface area contributed by atoms with Crippen molar-refractivity contribution < 1.29 is 4.74 Å². The number of halogens is 1. The first-order chi connectivity index (χ1) is 10.2. The van der Waals surface area contributed by atoms with Gasteiger partial charge in [0.05, 0.1) is 18.1 Å². The van der Waals surface area contributed by atoms with Crippen LogP contribution in [0.2, 0.25) is 0 Å². The van der Waals surface area contributed by atoms with Gasteiger partial charge in [-0.25, -0.2) is 4.98 Å². The van der Waals surface area contributed by atoms with E-state index in [1.807, 2.05) is 30.3 Å². The van der Waals surface area contributed by atoms with Crippen molar-refractivity contribution in [3.8, 4) is 5.75 Å². The van der Waals surface area contributed by atoms with E-state index in [9.17, 15) is 0 Å². The molecule has 0 atom stereocenters. The van der Waals surface area contributed by atoms with Crippen molar-refractivity contribution in [3.63, 3.8) is 0 Å². The highest BCUT2D eigenvalue weighted by atomic mass is 79.9. The quantitative estimate of drug-likeness (QED) is 0.538. The third kappa shape index (κ3) is 3.16. The van der Waals surface area contributed by atoms with Gasteiger partial charge in [0.2, 0.25) is 0 Å². The van der Waals surface area contributed by atoms with Crippen LogP contribution in [0.4, 0.5) is 5.69 Å². The minimum atomic E-state index is 0.752. The average Bonchev–Trinajstić information content (AvgIpc) is 2.90. The lowest BCUT2D eigenvalue weighted by Gasteiger charge is -2.02. The zero-order valence-electron chi connectivity index (χ0n) is 11.4. The van der Waals surface area contributed by atoms with Gasteiger partial charge in [0, 0.05) is 22.0 Å². The van der Waals surface area contributed by atoms with Gasteiger partial charge in [-0.05, 0) is 45.8 Å². The van der Waals surface area contributed by atoms with Crippen LogP contribution in [0, 0.1) is 0 Å². The number of hydrogen-bond donors (Lipinski definition) is 2. The highest BCUT2D eigenvalue weighted by molar-refractivity contribution is 9.10. The number of aromatic nitrogens is 2. The molecular weight excluding hydrogens is 350 g/mol. The number of thioether (sulfide) groups is 1. The molecule has 21 heavy (non-hydrogen) atoms. The molecule has 0 spiro atoms. The second-order valence-electron chi connectivity index (χ2n) is 4.57. The number of hydrogen-bond acceptors (Lipinski definition) is 4. The third-order valence-corrected chi connectivity index (χ3v) is 4.77. The number of nitrogens with one attached hydrogen (secondary N) is 1. The number of aromatic amines is 1. The number of fused-ring (bicyclic) bond motifs is 1. The Labute approximate surface area is 135 Å². The minimum Gasteiger partial charge on any atom is -0.497 e. The Balaban J connectivity index is 1.76. The lowest BCUT2D eigenvalue weighted by Crippen LogP contribution is -1.89. The standard InChI is InChI=1S/C15H14BrN3OS/c1-20-10-3-5-13-14(7-10)19-15(18-13)21-8-9-2-4-11(16)12(17)6-9/h2-7H,8,17H2,1H3,(H,18,19). The van der Waals surface area contributed by atoms with Gasteiger partial charge < -0.3 is 15.5 Å². The summed E-state index contributed by atoms with van der Waals surface area (Å²) >= 11 is 5.05. The molecule has 2 aromatic carbocycles. The van der Waals surface area contributed by atoms with E-state index in [0.717, 1.165) is 37.9 Å². The van der Waals surface area contributed by atoms with E-state index in [1.54, 1.807) is 18.9 Å². The molecule has 0 fully saturated rings. The Hall–Kier alpha value is -1.66. The highest BCUT2D eigenvalue weighted by Crippen LogP contribution is 2.27. The van der Waals surface area contributed by atoms with E-state index in [4.69, 9.17) is 10.5 Å². The Morgan fingerprint density at radius 1 is 1.29 bits per heavy atom. The van der Waals surface area contributed by atoms with E-state index in [2.05, 4.69) is 32.0 Å². The number of methoxy groups -OCH3 is 1. The molecule has 0 unspecified atom stereocenters. The largest absolute Gasteiger partial charge is 0.497 e. The van der Waals surface area contributed by atoms with Gasteiger partial charge in [-0.1, -0.05) is 17.8 Å². The summed E-state index contributed by atoms with van der Waals surface area (Å²) in [6.45, 7) is 0. The molecule has 108 valence electrons. The number of imidazole rings is 1. The molecule has 0 aliphatic carbocycles. The lowest BCUT2D eigenvalue weighted by atomic mass is 10.2. The number of H-pyrrole nitrogens is 1. The maximum absolute atomic E-state index is 5.89. The van der Waals surface area contributed by atoms with Crippen LogP contribution in [0.25, 0.3) is 11.0 Å². The number of nitrogens with zero attached hydrogens (tertiary/aromatic N) is 1. The van der Waals surface area contributed by atoms with Gasteiger partial charge in [0.15, 0.2) is 5.16 Å². The van der Waals surface area contributed by atoms with Crippen molar-refractivity contribution >= 4 is 44.4 Å². The van der Waals surface area contributed by atoms with Crippen LogP contribution in [0.15, 0.2) is 46.0 Å². The monoisotopic (exact) mass is 363 g/mol. The van der Waals surface area contributed by atoms with Crippen LogP contribution in [0.1, 0.15) is 5.56 Å². The number of anilines is 1. The van der Waals surface area contributed by atoms with Crippen LogP contribution >= 0.6 is 27.7 Å². The summed E-state index contributed by atoms with van der Waals surface area (Å²) in [5.41, 5.74) is 9.72. The summed E-state index contributed by atoms with van der Waals surface area (Å²) in [7, 11) is 1.66. The van der Waals surface area contributed by atoms with E-state index in [0.29, 0.717) is 0 Å². The summed E-state index contributed by atoms with van der Waals surface area (Å²) in [6.07, 6.45) is 0. The summed E-state index contributed by atoms with van der Waals surface area (Å²) in [5.74, 6) is 1.64. The molecule has 0 amide bonds. The summed E-state index contributed by atoms with van der Waals surface area (Å²) < 4.78 is 6.14. The van der Waals surface area contributed by atoms with Gasteiger partial charge in [0.1, 0.15) is 5.75 Å². The predicted molar refractivity (Wildman–Crippen MR) is 90.8 cm³/mol. The maximum Gasteiger partial charge on any atom is 0.166 e. The summed E-state index contributed by atoms with van der Waals surface area (Å²) in [6, 6.07) is 11.8. The van der Waals surface area contributed by atoms with Crippen molar-refractivity contribution in [1.82, 2.24) is 9.97 Å². The fourth-order valence-corrected chi connectivity index (χ4v) is 3.07. The third-order valence-electron chi connectivity index (χ3n) is 3.10. The first kappa shape index (κ1) is 14.3. The van der Waals surface area contributed by atoms with Crippen LogP contribution in [-0.4, -0.2) is 17.1 Å². The Bertz CT molecular complexity index is 788. The molecule has 4 nitrogen and oxygen atoms in total. The zero-order chi connectivity index (χ0) is 14.8. The second kappa shape index (κ2) is 5.99. The summed E-state index contributed by atoms with van der Waals surface area (Å²) in [4.78, 5) is 7.85. The molecule has 0 saturated heterocycles. The number of nitrogen functional groups attached to an aromatic ring is 1.